The average molecular weight is 201 g/mol. The van der Waals surface area contributed by atoms with E-state index in [0.717, 1.165) is 25.0 Å². The minimum Gasteiger partial charge on any atom is -0.411 e. The molecule has 0 amide bonds. The van der Waals surface area contributed by atoms with Crippen LogP contribution in [0.1, 0.15) is 38.5 Å². The van der Waals surface area contributed by atoms with Gasteiger partial charge in [0, 0.05) is 5.57 Å². The Morgan fingerprint density at radius 2 is 2.00 bits per heavy atom. The van der Waals surface area contributed by atoms with Gasteiger partial charge in [0.1, 0.15) is 0 Å². The van der Waals surface area contributed by atoms with E-state index >= 15 is 0 Å². The first kappa shape index (κ1) is 8.96. The second-order valence-corrected chi connectivity index (χ2v) is 4.46. The van der Waals surface area contributed by atoms with E-state index in [1.807, 2.05) is 0 Å². The topological polar surface area (TPSA) is 32.6 Å². The van der Waals surface area contributed by atoms with Gasteiger partial charge in [0.05, 0.1) is 5.71 Å². The van der Waals surface area contributed by atoms with Crippen LogP contribution >= 0.6 is 0 Å². The van der Waals surface area contributed by atoms with Crippen LogP contribution in [-0.4, -0.2) is 10.9 Å². The Labute approximate surface area is 89.7 Å². The highest BCUT2D eigenvalue weighted by Gasteiger charge is 2.28. The van der Waals surface area contributed by atoms with Gasteiger partial charge in [-0.15, -0.1) is 0 Å². The molecular weight excluding hydrogens is 186 g/mol. The van der Waals surface area contributed by atoms with Crippen LogP contribution in [0.4, 0.5) is 0 Å². The Kier molecular flexibility index (Phi) is 2.01. The molecule has 3 aliphatic rings. The lowest BCUT2D eigenvalue weighted by Gasteiger charge is -2.31. The molecule has 0 spiro atoms. The predicted octanol–water partition coefficient (Wildman–Crippen LogP) is 3.35. The molecule has 0 saturated heterocycles. The average Bonchev–Trinajstić information content (AvgIpc) is 2.30. The summed E-state index contributed by atoms with van der Waals surface area (Å²) in [6.45, 7) is 0. The molecule has 0 saturated carbocycles. The van der Waals surface area contributed by atoms with Gasteiger partial charge in [-0.25, -0.2) is 0 Å². The van der Waals surface area contributed by atoms with E-state index in [9.17, 15) is 0 Å². The van der Waals surface area contributed by atoms with E-state index in [4.69, 9.17) is 5.21 Å². The van der Waals surface area contributed by atoms with Crippen molar-refractivity contribution in [3.05, 3.63) is 34.4 Å². The van der Waals surface area contributed by atoms with Crippen molar-refractivity contribution in [2.24, 2.45) is 5.16 Å². The van der Waals surface area contributed by atoms with Gasteiger partial charge in [0.25, 0.3) is 0 Å². The largest absolute Gasteiger partial charge is 0.411 e. The molecule has 0 bridgehead atoms. The van der Waals surface area contributed by atoms with Crippen molar-refractivity contribution >= 4 is 5.71 Å². The Bertz CT molecular complexity index is 424. The number of allylic oxidation sites excluding steroid dienone is 6. The van der Waals surface area contributed by atoms with Gasteiger partial charge in [0.2, 0.25) is 0 Å². The molecule has 0 radical (unpaired) electrons. The summed E-state index contributed by atoms with van der Waals surface area (Å²) < 4.78 is 0. The Morgan fingerprint density at radius 1 is 1.07 bits per heavy atom. The molecule has 3 aliphatic carbocycles. The molecule has 0 aromatic carbocycles. The first-order chi connectivity index (χ1) is 7.40. The van der Waals surface area contributed by atoms with E-state index in [0.29, 0.717) is 0 Å². The van der Waals surface area contributed by atoms with Crippen LogP contribution in [0.5, 0.6) is 0 Å². The second-order valence-electron chi connectivity index (χ2n) is 4.46. The van der Waals surface area contributed by atoms with Crippen LogP contribution in [0.15, 0.2) is 39.6 Å². The molecule has 3 rings (SSSR count). The van der Waals surface area contributed by atoms with Crippen LogP contribution < -0.4 is 0 Å². The molecule has 78 valence electrons. The zero-order valence-corrected chi connectivity index (χ0v) is 8.79. The molecule has 15 heavy (non-hydrogen) atoms. The highest BCUT2D eigenvalue weighted by Crippen LogP contribution is 2.42. The van der Waals surface area contributed by atoms with Crippen molar-refractivity contribution in [1.82, 2.24) is 0 Å². The smallest absolute Gasteiger partial charge is 0.0873 e. The maximum Gasteiger partial charge on any atom is 0.0873 e. The van der Waals surface area contributed by atoms with Crippen LogP contribution in [0.3, 0.4) is 0 Å². The Hall–Kier alpha value is -1.31. The third-order valence-electron chi connectivity index (χ3n) is 3.65. The fourth-order valence-electron chi connectivity index (χ4n) is 2.98. The monoisotopic (exact) mass is 201 g/mol. The van der Waals surface area contributed by atoms with E-state index in [1.54, 1.807) is 5.57 Å². The number of rotatable bonds is 0. The van der Waals surface area contributed by atoms with Crippen LogP contribution in [-0.2, 0) is 0 Å². The Morgan fingerprint density at radius 3 is 2.87 bits per heavy atom. The number of oxime groups is 1. The van der Waals surface area contributed by atoms with Gasteiger partial charge in [-0.2, -0.15) is 0 Å². The summed E-state index contributed by atoms with van der Waals surface area (Å²) in [6, 6.07) is 0. The zero-order valence-electron chi connectivity index (χ0n) is 8.79. The lowest BCUT2D eigenvalue weighted by Crippen LogP contribution is -2.19. The first-order valence-corrected chi connectivity index (χ1v) is 5.73. The third kappa shape index (κ3) is 1.28. The quantitative estimate of drug-likeness (QED) is 0.473. The van der Waals surface area contributed by atoms with E-state index in [2.05, 4.69) is 17.3 Å². The van der Waals surface area contributed by atoms with E-state index < -0.39 is 0 Å². The highest BCUT2D eigenvalue weighted by molar-refractivity contribution is 6.06. The zero-order chi connectivity index (χ0) is 10.3. The molecular formula is C13H15NO. The standard InChI is InChI=1S/C13H15NO/c15-14-12-8-7-10-4-1-3-9-5-2-6-11(12)13(9)10/h5-6,15H,1-4,7-8H2/b14-12+. The SMILES string of the molecule is O/N=C1\CCC2=C3C(=CCC=C31)CCC2. The van der Waals surface area contributed by atoms with Gasteiger partial charge >= 0.3 is 0 Å². The van der Waals surface area contributed by atoms with Gasteiger partial charge in [-0.3, -0.25) is 0 Å². The molecule has 2 nitrogen and oxygen atoms in total. The van der Waals surface area contributed by atoms with Gasteiger partial charge < -0.3 is 5.21 Å². The van der Waals surface area contributed by atoms with Gasteiger partial charge in [0.15, 0.2) is 0 Å². The fraction of sp³-hybridized carbons (Fsp3) is 0.462. The van der Waals surface area contributed by atoms with E-state index in [-0.39, 0.29) is 0 Å². The third-order valence-corrected chi connectivity index (χ3v) is 3.65. The number of hydrogen-bond acceptors (Lipinski definition) is 2. The van der Waals surface area contributed by atoms with Crippen LogP contribution in [0.25, 0.3) is 0 Å². The van der Waals surface area contributed by atoms with Gasteiger partial charge in [-0.1, -0.05) is 22.9 Å². The molecule has 0 fully saturated rings. The second kappa shape index (κ2) is 3.37. The van der Waals surface area contributed by atoms with Crippen molar-refractivity contribution in [3.8, 4) is 0 Å². The Balaban J connectivity index is 2.15. The van der Waals surface area contributed by atoms with Crippen molar-refractivity contribution in [1.29, 1.82) is 0 Å². The van der Waals surface area contributed by atoms with Gasteiger partial charge in [-0.05, 0) is 49.7 Å². The molecule has 0 aromatic rings. The minimum absolute atomic E-state index is 0.890. The summed E-state index contributed by atoms with van der Waals surface area (Å²) in [6.07, 6.45) is 11.3. The number of hydrogen-bond donors (Lipinski definition) is 1. The summed E-state index contributed by atoms with van der Waals surface area (Å²) in [5.41, 5.74) is 6.62. The van der Waals surface area contributed by atoms with E-state index in [1.165, 1.54) is 36.0 Å². The molecule has 0 aliphatic heterocycles. The summed E-state index contributed by atoms with van der Waals surface area (Å²) in [5.74, 6) is 0. The summed E-state index contributed by atoms with van der Waals surface area (Å²) in [5, 5.41) is 12.4. The molecule has 0 aromatic heterocycles. The summed E-state index contributed by atoms with van der Waals surface area (Å²) in [7, 11) is 0. The number of nitrogens with zero attached hydrogens (tertiary/aromatic N) is 1. The summed E-state index contributed by atoms with van der Waals surface area (Å²) in [4.78, 5) is 0. The summed E-state index contributed by atoms with van der Waals surface area (Å²) >= 11 is 0. The fourth-order valence-corrected chi connectivity index (χ4v) is 2.98. The van der Waals surface area contributed by atoms with Crippen molar-refractivity contribution < 1.29 is 5.21 Å². The molecule has 0 unspecified atom stereocenters. The minimum atomic E-state index is 0.890. The highest BCUT2D eigenvalue weighted by atomic mass is 16.4. The molecule has 0 atom stereocenters. The molecule has 2 heteroatoms. The van der Waals surface area contributed by atoms with Crippen molar-refractivity contribution in [3.63, 3.8) is 0 Å². The predicted molar refractivity (Wildman–Crippen MR) is 60.1 cm³/mol. The first-order valence-electron chi connectivity index (χ1n) is 5.73. The molecule has 0 heterocycles. The van der Waals surface area contributed by atoms with Crippen molar-refractivity contribution in [2.75, 3.05) is 0 Å². The van der Waals surface area contributed by atoms with Crippen molar-refractivity contribution in [2.45, 2.75) is 38.5 Å². The maximum atomic E-state index is 9.00. The molecule has 1 N–H and O–H groups in total. The maximum absolute atomic E-state index is 9.00. The normalized spacial score (nSPS) is 27.3. The lowest BCUT2D eigenvalue weighted by molar-refractivity contribution is 0.317. The lowest BCUT2D eigenvalue weighted by atomic mass is 9.73. The van der Waals surface area contributed by atoms with Crippen LogP contribution in [0.2, 0.25) is 0 Å². The van der Waals surface area contributed by atoms with Crippen LogP contribution in [0, 0.1) is 0 Å².